The first kappa shape index (κ1) is 20.8. The predicted molar refractivity (Wildman–Crippen MR) is 121 cm³/mol. The average molecular weight is 463 g/mol. The van der Waals surface area contributed by atoms with Gasteiger partial charge in [-0.15, -0.1) is 5.10 Å². The number of imidazole rings is 1. The van der Waals surface area contributed by atoms with E-state index in [-0.39, 0.29) is 5.82 Å². The van der Waals surface area contributed by atoms with E-state index in [1.807, 2.05) is 23.0 Å². The van der Waals surface area contributed by atoms with Gasteiger partial charge in [0.2, 0.25) is 10.0 Å². The third-order valence-electron chi connectivity index (χ3n) is 4.86. The molecule has 0 saturated carbocycles. The third-order valence-corrected chi connectivity index (χ3v) is 5.47. The van der Waals surface area contributed by atoms with Gasteiger partial charge in [0, 0.05) is 18.1 Å². The zero-order valence-electron chi connectivity index (χ0n) is 17.4. The van der Waals surface area contributed by atoms with E-state index in [2.05, 4.69) is 25.0 Å². The molecule has 3 aromatic rings. The van der Waals surface area contributed by atoms with Crippen LogP contribution in [-0.4, -0.2) is 44.2 Å². The Bertz CT molecular complexity index is 1510. The Morgan fingerprint density at radius 1 is 0.970 bits per heavy atom. The molecule has 0 spiro atoms. The summed E-state index contributed by atoms with van der Waals surface area (Å²) in [4.78, 5) is 8.90. The van der Waals surface area contributed by atoms with Crippen molar-refractivity contribution in [2.75, 3.05) is 11.0 Å². The number of pyridine rings is 1. The molecule has 9 nitrogen and oxygen atoms in total. The van der Waals surface area contributed by atoms with Crippen LogP contribution in [0, 0.1) is 5.82 Å². The molecule has 0 atom stereocenters. The molecule has 0 saturated heterocycles. The predicted octanol–water partition coefficient (Wildman–Crippen LogP) is 3.19. The maximum atomic E-state index is 14.1. The minimum absolute atomic E-state index is 0.348. The summed E-state index contributed by atoms with van der Waals surface area (Å²) in [7, 11) is -3.33. The van der Waals surface area contributed by atoms with Crippen LogP contribution in [0.4, 0.5) is 10.1 Å². The number of nitrogens with zero attached hydrogens (tertiary/aromatic N) is 6. The molecular formula is C22H18FN7O2S. The Morgan fingerprint density at radius 2 is 1.73 bits per heavy atom. The van der Waals surface area contributed by atoms with Crippen molar-refractivity contribution in [1.29, 1.82) is 0 Å². The van der Waals surface area contributed by atoms with Crippen molar-refractivity contribution >= 4 is 15.7 Å². The molecule has 1 aromatic heterocycles. The number of sulfonamides is 1. The molecule has 2 aliphatic heterocycles. The molecule has 1 N–H and O–H groups in total. The Morgan fingerprint density at radius 3 is 2.48 bits per heavy atom. The topological polar surface area (TPSA) is 108 Å². The fourth-order valence-corrected chi connectivity index (χ4v) is 3.96. The molecule has 0 unspecified atom stereocenters. The fraction of sp³-hybridized carbons (Fsp3) is 0.0909. The lowest BCUT2D eigenvalue weighted by molar-refractivity contribution is 0.607. The first-order chi connectivity index (χ1) is 15.8. The minimum Gasteiger partial charge on any atom is -0.346 e. The van der Waals surface area contributed by atoms with Crippen molar-refractivity contribution in [1.82, 2.24) is 29.5 Å². The minimum atomic E-state index is -3.33. The van der Waals surface area contributed by atoms with Crippen LogP contribution in [0.25, 0.3) is 28.5 Å². The van der Waals surface area contributed by atoms with E-state index >= 15 is 0 Å². The largest absolute Gasteiger partial charge is 0.346 e. The van der Waals surface area contributed by atoms with E-state index in [0.29, 0.717) is 40.7 Å². The molecule has 0 amide bonds. The van der Waals surface area contributed by atoms with Crippen molar-refractivity contribution in [3.8, 4) is 28.5 Å². The zero-order chi connectivity index (χ0) is 23.0. The van der Waals surface area contributed by atoms with Crippen molar-refractivity contribution in [2.45, 2.75) is 6.54 Å². The number of aromatic nitrogens is 6. The van der Waals surface area contributed by atoms with E-state index < -0.39 is 10.0 Å². The standard InChI is InChI=1S/C22H18FN7O2S/c1-33(31,32)27-15-6-8-17(9-7-15)30-13-16(26-28-30)12-29-11-10-20-21(14-29)25-22(24-20)18-4-2-3-5-19(18)23/h2-11,13-14,27H,12H2,1H3. The van der Waals surface area contributed by atoms with E-state index in [1.54, 1.807) is 53.3 Å². The quantitative estimate of drug-likeness (QED) is 0.414. The number of hydrogen-bond acceptors (Lipinski definition) is 6. The molecule has 166 valence electrons. The van der Waals surface area contributed by atoms with Crippen molar-refractivity contribution in [3.63, 3.8) is 0 Å². The highest BCUT2D eigenvalue weighted by Crippen LogP contribution is 2.26. The molecule has 3 heterocycles. The summed E-state index contributed by atoms with van der Waals surface area (Å²) in [6, 6.07) is 15.0. The van der Waals surface area contributed by atoms with Gasteiger partial charge in [-0.1, -0.05) is 17.3 Å². The van der Waals surface area contributed by atoms with Gasteiger partial charge >= 0.3 is 0 Å². The summed E-state index contributed by atoms with van der Waals surface area (Å²) in [5.41, 5.74) is 3.61. The van der Waals surface area contributed by atoms with Gasteiger partial charge in [0.05, 0.1) is 35.9 Å². The second kappa shape index (κ2) is 8.10. The van der Waals surface area contributed by atoms with Gasteiger partial charge < -0.3 is 4.57 Å². The van der Waals surface area contributed by atoms with E-state index in [4.69, 9.17) is 0 Å². The van der Waals surface area contributed by atoms with E-state index in [0.717, 1.165) is 11.9 Å². The second-order valence-corrected chi connectivity index (χ2v) is 9.24. The van der Waals surface area contributed by atoms with Crippen molar-refractivity contribution in [2.24, 2.45) is 0 Å². The molecule has 0 bridgehead atoms. The van der Waals surface area contributed by atoms with Crippen LogP contribution in [0.2, 0.25) is 0 Å². The van der Waals surface area contributed by atoms with Gasteiger partial charge in [0.15, 0.2) is 5.82 Å². The van der Waals surface area contributed by atoms with Crippen LogP contribution in [0.1, 0.15) is 5.69 Å². The summed E-state index contributed by atoms with van der Waals surface area (Å²) in [6.45, 7) is 0.450. The Kier molecular flexibility index (Phi) is 5.09. The van der Waals surface area contributed by atoms with Gasteiger partial charge in [0.25, 0.3) is 0 Å². The molecular weight excluding hydrogens is 445 g/mol. The summed E-state index contributed by atoms with van der Waals surface area (Å²) < 4.78 is 42.7. The molecule has 5 rings (SSSR count). The first-order valence-corrected chi connectivity index (χ1v) is 11.8. The lowest BCUT2D eigenvalue weighted by atomic mass is 10.2. The Balaban J connectivity index is 1.34. The second-order valence-electron chi connectivity index (χ2n) is 7.49. The van der Waals surface area contributed by atoms with Gasteiger partial charge in [-0.2, -0.15) is 0 Å². The number of benzene rings is 2. The lowest BCUT2D eigenvalue weighted by Crippen LogP contribution is -2.09. The molecule has 0 aliphatic carbocycles. The van der Waals surface area contributed by atoms with Crippen LogP contribution < -0.4 is 4.72 Å². The monoisotopic (exact) mass is 463 g/mol. The van der Waals surface area contributed by atoms with Crippen LogP contribution in [0.5, 0.6) is 0 Å². The van der Waals surface area contributed by atoms with Gasteiger partial charge in [0.1, 0.15) is 17.2 Å². The molecule has 2 aromatic carbocycles. The maximum absolute atomic E-state index is 14.1. The summed E-state index contributed by atoms with van der Waals surface area (Å²) in [5, 5.41) is 8.36. The van der Waals surface area contributed by atoms with Crippen LogP contribution in [0.15, 0.2) is 73.2 Å². The van der Waals surface area contributed by atoms with Crippen LogP contribution >= 0.6 is 0 Å². The van der Waals surface area contributed by atoms with Crippen LogP contribution in [0.3, 0.4) is 0 Å². The highest BCUT2D eigenvalue weighted by atomic mass is 32.2. The number of rotatable bonds is 6. The lowest BCUT2D eigenvalue weighted by Gasteiger charge is -2.06. The van der Waals surface area contributed by atoms with Gasteiger partial charge in [-0.3, -0.25) is 4.72 Å². The fourth-order valence-electron chi connectivity index (χ4n) is 3.39. The number of halogens is 1. The van der Waals surface area contributed by atoms with E-state index in [1.165, 1.54) is 6.07 Å². The summed E-state index contributed by atoms with van der Waals surface area (Å²) >= 11 is 0. The van der Waals surface area contributed by atoms with E-state index in [9.17, 15) is 12.8 Å². The molecule has 0 radical (unpaired) electrons. The molecule has 11 heteroatoms. The van der Waals surface area contributed by atoms with Gasteiger partial charge in [-0.05, 0) is 42.5 Å². The van der Waals surface area contributed by atoms with Crippen molar-refractivity contribution in [3.05, 3.63) is 84.7 Å². The normalized spacial score (nSPS) is 11.7. The highest BCUT2D eigenvalue weighted by Gasteiger charge is 2.15. The Labute approximate surface area is 188 Å². The number of hydrogen-bond donors (Lipinski definition) is 1. The zero-order valence-corrected chi connectivity index (χ0v) is 18.2. The maximum Gasteiger partial charge on any atom is 0.229 e. The average Bonchev–Trinajstić information content (AvgIpc) is 3.40. The van der Waals surface area contributed by atoms with Crippen molar-refractivity contribution < 1.29 is 12.8 Å². The SMILES string of the molecule is CS(=O)(=O)Nc1ccc(-n2cc(Cn3ccc4nc(-c5ccccc5F)nc-4c3)nn2)cc1. The molecule has 33 heavy (non-hydrogen) atoms. The molecule has 2 aliphatic rings. The Hall–Kier alpha value is -4.12. The summed E-state index contributed by atoms with van der Waals surface area (Å²) in [5.74, 6) is -0.0157. The van der Waals surface area contributed by atoms with Gasteiger partial charge in [-0.25, -0.2) is 27.5 Å². The highest BCUT2D eigenvalue weighted by molar-refractivity contribution is 7.92. The number of anilines is 1. The summed E-state index contributed by atoms with van der Waals surface area (Å²) in [6.07, 6.45) is 6.57. The number of fused-ring (bicyclic) bond motifs is 1. The molecule has 0 fully saturated rings. The van der Waals surface area contributed by atoms with Crippen LogP contribution in [-0.2, 0) is 16.6 Å². The third kappa shape index (κ3) is 4.58. The first-order valence-electron chi connectivity index (χ1n) is 9.92. The number of nitrogens with one attached hydrogen (secondary N) is 1. The smallest absolute Gasteiger partial charge is 0.229 e.